The van der Waals surface area contributed by atoms with E-state index in [9.17, 15) is 9.59 Å². The number of carbonyl (C=O) groups is 2. The number of hydrogen-bond donors (Lipinski definition) is 1. The minimum absolute atomic E-state index is 0.0819. The molecule has 0 radical (unpaired) electrons. The lowest BCUT2D eigenvalue weighted by Gasteiger charge is -2.13. The van der Waals surface area contributed by atoms with E-state index >= 15 is 0 Å². The highest BCUT2D eigenvalue weighted by Crippen LogP contribution is 2.54. The van der Waals surface area contributed by atoms with Gasteiger partial charge in [-0.2, -0.15) is 0 Å². The van der Waals surface area contributed by atoms with E-state index < -0.39 is 0 Å². The van der Waals surface area contributed by atoms with Gasteiger partial charge in [0, 0.05) is 11.8 Å². The molecule has 2 bridgehead atoms. The fourth-order valence-corrected chi connectivity index (χ4v) is 3.33. The zero-order chi connectivity index (χ0) is 11.4. The summed E-state index contributed by atoms with van der Waals surface area (Å²) in [5, 5.41) is 2.45. The van der Waals surface area contributed by atoms with Crippen molar-refractivity contribution in [1.82, 2.24) is 5.32 Å². The highest BCUT2D eigenvalue weighted by atomic mass is 16.2. The molecule has 2 amide bonds. The monoisotopic (exact) mass is 217 g/mol. The third kappa shape index (κ3) is 1.09. The summed E-state index contributed by atoms with van der Waals surface area (Å²) < 4.78 is 0. The van der Waals surface area contributed by atoms with Crippen LogP contribution in [0.15, 0.2) is 23.8 Å². The Labute approximate surface area is 94.6 Å². The van der Waals surface area contributed by atoms with Crippen LogP contribution >= 0.6 is 0 Å². The van der Waals surface area contributed by atoms with Gasteiger partial charge in [-0.15, -0.1) is 0 Å². The van der Waals surface area contributed by atoms with Crippen LogP contribution < -0.4 is 5.32 Å². The molecule has 3 heteroatoms. The molecule has 2 aliphatic carbocycles. The van der Waals surface area contributed by atoms with Gasteiger partial charge in [-0.25, -0.2) is 0 Å². The molecule has 84 valence electrons. The van der Waals surface area contributed by atoms with Crippen LogP contribution in [0.2, 0.25) is 0 Å². The van der Waals surface area contributed by atoms with Crippen molar-refractivity contribution >= 4 is 11.8 Å². The molecule has 3 rings (SSSR count). The average Bonchev–Trinajstić information content (AvgIpc) is 2.79. The predicted molar refractivity (Wildman–Crippen MR) is 59.2 cm³/mol. The lowest BCUT2D eigenvalue weighted by Crippen LogP contribution is -2.25. The van der Waals surface area contributed by atoms with Crippen molar-refractivity contribution in [3.63, 3.8) is 0 Å². The number of nitrogens with one attached hydrogen (secondary N) is 1. The Kier molecular flexibility index (Phi) is 1.88. The van der Waals surface area contributed by atoms with Crippen LogP contribution in [0.1, 0.15) is 13.8 Å². The van der Waals surface area contributed by atoms with Gasteiger partial charge in [0.05, 0.1) is 11.8 Å². The molecule has 0 aromatic heterocycles. The largest absolute Gasteiger partial charge is 0.296 e. The third-order valence-electron chi connectivity index (χ3n) is 3.83. The summed E-state index contributed by atoms with van der Waals surface area (Å²) in [6, 6.07) is 0. The molecule has 4 atom stereocenters. The predicted octanol–water partition coefficient (Wildman–Crippen LogP) is 1.27. The number of hydrogen-bond acceptors (Lipinski definition) is 2. The molecular weight excluding hydrogens is 202 g/mol. The van der Waals surface area contributed by atoms with E-state index in [1.165, 1.54) is 5.57 Å². The molecule has 16 heavy (non-hydrogen) atoms. The number of allylic oxidation sites excluding steroid dienone is 4. The van der Waals surface area contributed by atoms with Crippen LogP contribution in [-0.2, 0) is 9.59 Å². The number of imide groups is 1. The van der Waals surface area contributed by atoms with Gasteiger partial charge in [-0.1, -0.05) is 37.6 Å². The van der Waals surface area contributed by atoms with Crippen LogP contribution in [0.25, 0.3) is 0 Å². The average molecular weight is 217 g/mol. The number of fused-ring (bicyclic) bond motifs is 5. The van der Waals surface area contributed by atoms with E-state index in [1.54, 1.807) is 0 Å². The van der Waals surface area contributed by atoms with Crippen molar-refractivity contribution in [3.05, 3.63) is 23.8 Å². The van der Waals surface area contributed by atoms with Crippen LogP contribution in [0.5, 0.6) is 0 Å². The number of rotatable bonds is 1. The van der Waals surface area contributed by atoms with Gasteiger partial charge in [-0.3, -0.25) is 14.9 Å². The molecule has 0 spiro atoms. The summed E-state index contributed by atoms with van der Waals surface area (Å²) in [5.74, 6) is 0.382. The van der Waals surface area contributed by atoms with Crippen molar-refractivity contribution in [1.29, 1.82) is 0 Å². The lowest BCUT2D eigenvalue weighted by molar-refractivity contribution is -0.126. The second-order valence-corrected chi connectivity index (χ2v) is 5.25. The summed E-state index contributed by atoms with van der Waals surface area (Å²) in [7, 11) is 0. The SMILES string of the molecule is CC(C)C=C1C2C=CC1[C@@H]1C(=O)NC(=O)[C@H]21. The van der Waals surface area contributed by atoms with Crippen LogP contribution in [0.4, 0.5) is 0 Å². The summed E-state index contributed by atoms with van der Waals surface area (Å²) in [4.78, 5) is 23.4. The Morgan fingerprint density at radius 2 is 1.62 bits per heavy atom. The highest BCUT2D eigenvalue weighted by Gasteiger charge is 2.58. The van der Waals surface area contributed by atoms with Gasteiger partial charge >= 0.3 is 0 Å². The first kappa shape index (κ1) is 9.82. The Bertz CT molecular complexity index is 401. The smallest absolute Gasteiger partial charge is 0.231 e. The third-order valence-corrected chi connectivity index (χ3v) is 3.83. The van der Waals surface area contributed by atoms with E-state index in [2.05, 4.69) is 37.4 Å². The highest BCUT2D eigenvalue weighted by molar-refractivity contribution is 6.07. The van der Waals surface area contributed by atoms with Crippen molar-refractivity contribution in [2.75, 3.05) is 0 Å². The zero-order valence-corrected chi connectivity index (χ0v) is 9.44. The Morgan fingerprint density at radius 3 is 2.06 bits per heavy atom. The van der Waals surface area contributed by atoms with Crippen LogP contribution in [0.3, 0.4) is 0 Å². The lowest BCUT2D eigenvalue weighted by atomic mass is 9.85. The van der Waals surface area contributed by atoms with Crippen molar-refractivity contribution in [2.45, 2.75) is 13.8 Å². The molecule has 0 aromatic rings. The minimum atomic E-state index is -0.132. The van der Waals surface area contributed by atoms with E-state index in [0.29, 0.717) is 5.92 Å². The van der Waals surface area contributed by atoms with Crippen molar-refractivity contribution in [3.8, 4) is 0 Å². The van der Waals surface area contributed by atoms with E-state index in [1.807, 2.05) is 0 Å². The second-order valence-electron chi connectivity index (χ2n) is 5.25. The Morgan fingerprint density at radius 1 is 1.12 bits per heavy atom. The Hall–Kier alpha value is -1.38. The first-order chi connectivity index (χ1) is 7.59. The fourth-order valence-electron chi connectivity index (χ4n) is 3.33. The maximum Gasteiger partial charge on any atom is 0.231 e. The Balaban J connectivity index is 2.03. The van der Waals surface area contributed by atoms with Gasteiger partial charge in [0.15, 0.2) is 0 Å². The van der Waals surface area contributed by atoms with Gasteiger partial charge in [0.25, 0.3) is 0 Å². The topological polar surface area (TPSA) is 46.2 Å². The van der Waals surface area contributed by atoms with Crippen LogP contribution in [0, 0.1) is 29.6 Å². The summed E-state index contributed by atoms with van der Waals surface area (Å²) in [5.41, 5.74) is 1.29. The minimum Gasteiger partial charge on any atom is -0.296 e. The van der Waals surface area contributed by atoms with Gasteiger partial charge < -0.3 is 0 Å². The molecule has 1 aliphatic heterocycles. The molecule has 1 saturated carbocycles. The van der Waals surface area contributed by atoms with E-state index in [0.717, 1.165) is 0 Å². The molecule has 0 aromatic carbocycles. The molecule has 1 saturated heterocycles. The maximum absolute atomic E-state index is 11.7. The first-order valence-corrected chi connectivity index (χ1v) is 5.84. The molecular formula is C13H15NO2. The van der Waals surface area contributed by atoms with Gasteiger partial charge in [0.2, 0.25) is 11.8 Å². The van der Waals surface area contributed by atoms with E-state index in [-0.39, 0.29) is 35.5 Å². The molecule has 3 aliphatic rings. The summed E-state index contributed by atoms with van der Waals surface area (Å²) in [6.45, 7) is 4.25. The molecule has 2 fully saturated rings. The van der Waals surface area contributed by atoms with Crippen molar-refractivity contribution in [2.24, 2.45) is 29.6 Å². The zero-order valence-electron chi connectivity index (χ0n) is 9.44. The molecule has 3 nitrogen and oxygen atoms in total. The quantitative estimate of drug-likeness (QED) is 0.531. The van der Waals surface area contributed by atoms with E-state index in [4.69, 9.17) is 0 Å². The standard InChI is InChI=1S/C13H15NO2/c1-6(2)5-9-7-3-4-8(9)11-10(7)12(15)14-13(11)16/h3-8,10-11H,1-2H3,(H,14,15,16)/t7?,8?,10-,11+. The molecule has 1 heterocycles. The van der Waals surface area contributed by atoms with Crippen molar-refractivity contribution < 1.29 is 9.59 Å². The molecule has 2 unspecified atom stereocenters. The second kappa shape index (κ2) is 3.06. The summed E-state index contributed by atoms with van der Waals surface area (Å²) >= 11 is 0. The summed E-state index contributed by atoms with van der Waals surface area (Å²) in [6.07, 6.45) is 6.41. The fraction of sp³-hybridized carbons (Fsp3) is 0.538. The molecule has 1 N–H and O–H groups in total. The maximum atomic E-state index is 11.7. The van der Waals surface area contributed by atoms with Gasteiger partial charge in [-0.05, 0) is 5.92 Å². The van der Waals surface area contributed by atoms with Crippen LogP contribution in [-0.4, -0.2) is 11.8 Å². The number of amides is 2. The number of carbonyl (C=O) groups excluding carboxylic acids is 2. The normalized spacial score (nSPS) is 42.3. The van der Waals surface area contributed by atoms with Gasteiger partial charge in [0.1, 0.15) is 0 Å². The first-order valence-electron chi connectivity index (χ1n) is 5.84.